The molecule has 1 N–H and O–H groups in total. The van der Waals surface area contributed by atoms with E-state index >= 15 is 0 Å². The second-order valence-electron chi connectivity index (χ2n) is 5.26. The van der Waals surface area contributed by atoms with Gasteiger partial charge in [0.25, 0.3) is 0 Å². The van der Waals surface area contributed by atoms with Gasteiger partial charge in [-0.3, -0.25) is 9.59 Å². The number of likely N-dealkylation sites (tertiary alicyclic amines) is 1. The van der Waals surface area contributed by atoms with Gasteiger partial charge >= 0.3 is 0 Å². The van der Waals surface area contributed by atoms with E-state index in [1.807, 2.05) is 48.2 Å². The van der Waals surface area contributed by atoms with Crippen LogP contribution in [0.5, 0.6) is 0 Å². The predicted molar refractivity (Wildman–Crippen MR) is 83.5 cm³/mol. The molecule has 0 bridgehead atoms. The first kappa shape index (κ1) is 15.3. The summed E-state index contributed by atoms with van der Waals surface area (Å²) < 4.78 is 0. The Kier molecular flexibility index (Phi) is 5.55. The summed E-state index contributed by atoms with van der Waals surface area (Å²) >= 11 is 0. The van der Waals surface area contributed by atoms with Crippen molar-refractivity contribution in [3.05, 3.63) is 42.0 Å². The van der Waals surface area contributed by atoms with Crippen LogP contribution in [0.2, 0.25) is 0 Å². The molecule has 2 amide bonds. The number of benzene rings is 1. The second-order valence-corrected chi connectivity index (χ2v) is 5.26. The smallest absolute Gasteiger partial charge is 0.244 e. The molecule has 0 atom stereocenters. The van der Waals surface area contributed by atoms with Crippen molar-refractivity contribution in [3.63, 3.8) is 0 Å². The number of carbonyl (C=O) groups excluding carboxylic acids is 2. The Hall–Kier alpha value is -2.10. The Morgan fingerprint density at radius 2 is 1.90 bits per heavy atom. The maximum Gasteiger partial charge on any atom is 0.244 e. The van der Waals surface area contributed by atoms with Crippen LogP contribution in [0.4, 0.5) is 0 Å². The van der Waals surface area contributed by atoms with E-state index in [-0.39, 0.29) is 17.9 Å². The van der Waals surface area contributed by atoms with E-state index in [1.54, 1.807) is 6.08 Å². The van der Waals surface area contributed by atoms with Gasteiger partial charge < -0.3 is 10.2 Å². The van der Waals surface area contributed by atoms with Gasteiger partial charge in [0, 0.05) is 31.6 Å². The van der Waals surface area contributed by atoms with Gasteiger partial charge in [0.15, 0.2) is 0 Å². The summed E-state index contributed by atoms with van der Waals surface area (Å²) in [4.78, 5) is 25.3. The van der Waals surface area contributed by atoms with Crippen molar-refractivity contribution >= 4 is 17.9 Å². The van der Waals surface area contributed by atoms with Crippen LogP contribution in [0.25, 0.3) is 6.08 Å². The number of nitrogens with one attached hydrogen (secondary N) is 1. The molecule has 0 aliphatic carbocycles. The number of carbonyl (C=O) groups is 2. The second kappa shape index (κ2) is 7.62. The number of hydrogen-bond acceptors (Lipinski definition) is 2. The lowest BCUT2D eigenvalue weighted by Gasteiger charge is -2.32. The minimum atomic E-state index is -0.0703. The van der Waals surface area contributed by atoms with Crippen molar-refractivity contribution in [1.82, 2.24) is 10.2 Å². The molecule has 0 radical (unpaired) electrons. The van der Waals surface area contributed by atoms with E-state index in [1.165, 1.54) is 0 Å². The van der Waals surface area contributed by atoms with Crippen LogP contribution in [-0.4, -0.2) is 35.8 Å². The number of rotatable bonds is 4. The monoisotopic (exact) mass is 286 g/mol. The average molecular weight is 286 g/mol. The van der Waals surface area contributed by atoms with Crippen LogP contribution >= 0.6 is 0 Å². The molecule has 0 unspecified atom stereocenters. The molecule has 1 aliphatic rings. The van der Waals surface area contributed by atoms with Gasteiger partial charge in [0.2, 0.25) is 11.8 Å². The third kappa shape index (κ3) is 4.74. The molecular weight excluding hydrogens is 264 g/mol. The normalized spacial score (nSPS) is 16.1. The molecule has 1 saturated heterocycles. The molecule has 112 valence electrons. The lowest BCUT2D eigenvalue weighted by molar-refractivity contribution is -0.132. The molecule has 1 aromatic carbocycles. The summed E-state index contributed by atoms with van der Waals surface area (Å²) in [6.07, 6.45) is 5.59. The maximum absolute atomic E-state index is 11.9. The SMILES string of the molecule is CCC(=O)N1CCC(NC(=O)/C=C/c2ccccc2)CC1. The quantitative estimate of drug-likeness (QED) is 0.863. The molecule has 21 heavy (non-hydrogen) atoms. The van der Waals surface area contributed by atoms with Crippen LogP contribution < -0.4 is 5.32 Å². The fraction of sp³-hybridized carbons (Fsp3) is 0.412. The molecule has 0 saturated carbocycles. The molecule has 1 fully saturated rings. The zero-order chi connectivity index (χ0) is 15.1. The van der Waals surface area contributed by atoms with Crippen LogP contribution in [0.15, 0.2) is 36.4 Å². The van der Waals surface area contributed by atoms with Gasteiger partial charge in [-0.15, -0.1) is 0 Å². The van der Waals surface area contributed by atoms with Crippen LogP contribution in [0.1, 0.15) is 31.7 Å². The third-order valence-corrected chi connectivity index (χ3v) is 3.72. The third-order valence-electron chi connectivity index (χ3n) is 3.72. The van der Waals surface area contributed by atoms with E-state index < -0.39 is 0 Å². The average Bonchev–Trinajstić information content (AvgIpc) is 2.54. The molecule has 1 aromatic rings. The lowest BCUT2D eigenvalue weighted by Crippen LogP contribution is -2.46. The maximum atomic E-state index is 11.9. The first-order chi connectivity index (χ1) is 10.2. The molecule has 1 heterocycles. The summed E-state index contributed by atoms with van der Waals surface area (Å²) in [6, 6.07) is 9.91. The highest BCUT2D eigenvalue weighted by Crippen LogP contribution is 2.11. The summed E-state index contributed by atoms with van der Waals surface area (Å²) in [5.74, 6) is 0.128. The van der Waals surface area contributed by atoms with Crippen molar-refractivity contribution in [2.75, 3.05) is 13.1 Å². The summed E-state index contributed by atoms with van der Waals surface area (Å²) in [5, 5.41) is 3.00. The van der Waals surface area contributed by atoms with Gasteiger partial charge in [-0.2, -0.15) is 0 Å². The van der Waals surface area contributed by atoms with Gasteiger partial charge in [-0.25, -0.2) is 0 Å². The molecule has 0 aromatic heterocycles. The van der Waals surface area contributed by atoms with E-state index in [4.69, 9.17) is 0 Å². The minimum Gasteiger partial charge on any atom is -0.350 e. The first-order valence-corrected chi connectivity index (χ1v) is 7.50. The Bertz CT molecular complexity index is 503. The number of piperidine rings is 1. The Morgan fingerprint density at radius 3 is 2.52 bits per heavy atom. The minimum absolute atomic E-state index is 0.0703. The number of hydrogen-bond donors (Lipinski definition) is 1. The van der Waals surface area contributed by atoms with Crippen molar-refractivity contribution in [1.29, 1.82) is 0 Å². The van der Waals surface area contributed by atoms with Gasteiger partial charge in [0.1, 0.15) is 0 Å². The van der Waals surface area contributed by atoms with E-state index in [0.717, 1.165) is 31.5 Å². The van der Waals surface area contributed by atoms with Crippen LogP contribution in [0.3, 0.4) is 0 Å². The Balaban J connectivity index is 1.77. The fourth-order valence-electron chi connectivity index (χ4n) is 2.48. The molecule has 1 aliphatic heterocycles. The van der Waals surface area contributed by atoms with Crippen LogP contribution in [0, 0.1) is 0 Å². The molecule has 2 rings (SSSR count). The van der Waals surface area contributed by atoms with Gasteiger partial charge in [-0.05, 0) is 24.5 Å². The first-order valence-electron chi connectivity index (χ1n) is 7.50. The standard InChI is InChI=1S/C17H22N2O2/c1-2-17(21)19-12-10-15(11-13-19)18-16(20)9-8-14-6-4-3-5-7-14/h3-9,15H,2,10-13H2,1H3,(H,18,20)/b9-8+. The summed E-state index contributed by atoms with van der Waals surface area (Å²) in [5.41, 5.74) is 1.01. The van der Waals surface area contributed by atoms with Gasteiger partial charge in [0.05, 0.1) is 0 Å². The number of amides is 2. The van der Waals surface area contributed by atoms with E-state index in [2.05, 4.69) is 5.32 Å². The van der Waals surface area contributed by atoms with E-state index in [9.17, 15) is 9.59 Å². The largest absolute Gasteiger partial charge is 0.350 e. The molecule has 4 heteroatoms. The molecule has 0 spiro atoms. The number of nitrogens with zero attached hydrogens (tertiary/aromatic N) is 1. The lowest BCUT2D eigenvalue weighted by atomic mass is 10.0. The van der Waals surface area contributed by atoms with Crippen molar-refractivity contribution in [2.45, 2.75) is 32.2 Å². The van der Waals surface area contributed by atoms with E-state index in [0.29, 0.717) is 6.42 Å². The molecular formula is C17H22N2O2. The summed E-state index contributed by atoms with van der Waals surface area (Å²) in [6.45, 7) is 3.35. The van der Waals surface area contributed by atoms with Crippen LogP contribution in [-0.2, 0) is 9.59 Å². The Morgan fingerprint density at radius 1 is 1.24 bits per heavy atom. The zero-order valence-corrected chi connectivity index (χ0v) is 12.4. The topological polar surface area (TPSA) is 49.4 Å². The zero-order valence-electron chi connectivity index (χ0n) is 12.4. The highest BCUT2D eigenvalue weighted by Gasteiger charge is 2.22. The Labute approximate surface area is 125 Å². The molecule has 4 nitrogen and oxygen atoms in total. The predicted octanol–water partition coefficient (Wildman–Crippen LogP) is 2.22. The fourth-order valence-corrected chi connectivity index (χ4v) is 2.48. The summed E-state index contributed by atoms with van der Waals surface area (Å²) in [7, 11) is 0. The highest BCUT2D eigenvalue weighted by molar-refractivity contribution is 5.91. The van der Waals surface area contributed by atoms with Crippen molar-refractivity contribution < 1.29 is 9.59 Å². The highest BCUT2D eigenvalue weighted by atomic mass is 16.2. The van der Waals surface area contributed by atoms with Gasteiger partial charge in [-0.1, -0.05) is 37.3 Å². The van der Waals surface area contributed by atoms with Crippen molar-refractivity contribution in [3.8, 4) is 0 Å². The van der Waals surface area contributed by atoms with Crippen molar-refractivity contribution in [2.24, 2.45) is 0 Å².